The van der Waals surface area contributed by atoms with Crippen molar-refractivity contribution in [3.8, 4) is 0 Å². The van der Waals surface area contributed by atoms with Crippen LogP contribution < -0.4 is 0 Å². The smallest absolute Gasteiger partial charge is 0.320 e. The molecule has 2 aliphatic heterocycles. The number of ether oxygens (including phenoxy) is 5. The molecular formula is C25H35NO8. The maximum atomic E-state index is 13.4. The third-order valence-electron chi connectivity index (χ3n) is 9.00. The number of esters is 3. The van der Waals surface area contributed by atoms with Gasteiger partial charge in [0.15, 0.2) is 0 Å². The zero-order valence-corrected chi connectivity index (χ0v) is 20.0. The Hall–Kier alpha value is -1.71. The first-order chi connectivity index (χ1) is 16.3. The van der Waals surface area contributed by atoms with Crippen LogP contribution in [0, 0.1) is 35.5 Å². The molecule has 9 nitrogen and oxygen atoms in total. The maximum Gasteiger partial charge on any atom is 0.320 e. The van der Waals surface area contributed by atoms with Crippen LogP contribution in [0.2, 0.25) is 0 Å². The van der Waals surface area contributed by atoms with Crippen LogP contribution in [0.3, 0.4) is 0 Å². The van der Waals surface area contributed by atoms with E-state index in [0.29, 0.717) is 38.6 Å². The monoisotopic (exact) mass is 477 g/mol. The highest BCUT2D eigenvalue weighted by Crippen LogP contribution is 2.59. The summed E-state index contributed by atoms with van der Waals surface area (Å²) in [6.45, 7) is 6.27. The van der Waals surface area contributed by atoms with Crippen LogP contribution in [0.1, 0.15) is 46.0 Å². The van der Waals surface area contributed by atoms with Gasteiger partial charge in [0, 0.05) is 38.8 Å². The van der Waals surface area contributed by atoms with Crippen LogP contribution in [-0.4, -0.2) is 79.8 Å². The molecule has 188 valence electrons. The maximum absolute atomic E-state index is 13.4. The van der Waals surface area contributed by atoms with Gasteiger partial charge in [-0.2, -0.15) is 0 Å². The van der Waals surface area contributed by atoms with E-state index >= 15 is 0 Å². The van der Waals surface area contributed by atoms with Crippen LogP contribution in [0.15, 0.2) is 0 Å². The SMILES string of the molecule is CC(C)(OC(=O)C1C2CC3C(OC(=O)C31)C2OC(=O)CN1CCOCC1)OC1CC2CCC1C2. The minimum Gasteiger partial charge on any atom is -0.458 e. The standard InChI is InChI=1S/C25H35NO8/c1-25(2,33-17-10-13-3-4-14(17)9-13)34-24(29)20-16-11-15-19(20)23(28)32-22(15)21(16)31-18(27)12-26-5-7-30-8-6-26/h13-17,19-22H,3-12H2,1-2H3. The number of morpholine rings is 1. The van der Waals surface area contributed by atoms with Gasteiger partial charge in [-0.05, 0) is 43.9 Å². The molecule has 2 saturated heterocycles. The molecule has 0 aromatic carbocycles. The molecule has 0 amide bonds. The third-order valence-corrected chi connectivity index (χ3v) is 9.00. The van der Waals surface area contributed by atoms with Crippen LogP contribution >= 0.6 is 0 Å². The fourth-order valence-electron chi connectivity index (χ4n) is 7.63. The number of carbonyl (C=O) groups is 3. The summed E-state index contributed by atoms with van der Waals surface area (Å²) in [7, 11) is 0. The zero-order valence-electron chi connectivity index (χ0n) is 20.0. The molecule has 4 aliphatic carbocycles. The first-order valence-corrected chi connectivity index (χ1v) is 12.9. The van der Waals surface area contributed by atoms with E-state index in [1.54, 1.807) is 13.8 Å². The van der Waals surface area contributed by atoms with Crippen molar-refractivity contribution in [3.63, 3.8) is 0 Å². The second kappa shape index (κ2) is 8.45. The normalized spacial score (nSPS) is 42.8. The molecule has 6 rings (SSSR count). The topological polar surface area (TPSA) is 101 Å². The van der Waals surface area contributed by atoms with E-state index in [9.17, 15) is 14.4 Å². The molecule has 4 bridgehead atoms. The number of hydrogen-bond donors (Lipinski definition) is 0. The van der Waals surface area contributed by atoms with Gasteiger partial charge < -0.3 is 23.7 Å². The van der Waals surface area contributed by atoms with Gasteiger partial charge in [-0.25, -0.2) is 0 Å². The number of hydrogen-bond acceptors (Lipinski definition) is 9. The van der Waals surface area contributed by atoms with Crippen molar-refractivity contribution in [3.05, 3.63) is 0 Å². The summed E-state index contributed by atoms with van der Waals surface area (Å²) in [5.74, 6) is -2.54. The highest BCUT2D eigenvalue weighted by atomic mass is 16.7. The molecule has 34 heavy (non-hydrogen) atoms. The Balaban J connectivity index is 1.11. The van der Waals surface area contributed by atoms with Crippen molar-refractivity contribution in [2.45, 2.75) is 70.1 Å². The number of rotatable bonds is 7. The van der Waals surface area contributed by atoms with E-state index in [4.69, 9.17) is 23.7 Å². The molecule has 4 saturated carbocycles. The summed E-state index contributed by atoms with van der Waals surface area (Å²) in [5.41, 5.74) is 0. The van der Waals surface area contributed by atoms with Crippen LogP contribution in [0.5, 0.6) is 0 Å². The number of nitrogens with zero attached hydrogens (tertiary/aromatic N) is 1. The number of fused-ring (bicyclic) bond motifs is 3. The Morgan fingerprint density at radius 1 is 1.09 bits per heavy atom. The lowest BCUT2D eigenvalue weighted by molar-refractivity contribution is -0.244. The molecule has 0 N–H and O–H groups in total. The summed E-state index contributed by atoms with van der Waals surface area (Å²) < 4.78 is 28.9. The van der Waals surface area contributed by atoms with Gasteiger partial charge in [0.05, 0.1) is 37.7 Å². The molecule has 2 heterocycles. The Morgan fingerprint density at radius 2 is 1.88 bits per heavy atom. The number of carbonyl (C=O) groups excluding carboxylic acids is 3. The van der Waals surface area contributed by atoms with E-state index in [1.165, 1.54) is 19.3 Å². The Bertz CT molecular complexity index is 854. The minimum atomic E-state index is -1.07. The molecule has 9 atom stereocenters. The van der Waals surface area contributed by atoms with Crippen molar-refractivity contribution in [2.24, 2.45) is 35.5 Å². The van der Waals surface area contributed by atoms with E-state index in [0.717, 1.165) is 12.3 Å². The van der Waals surface area contributed by atoms with Gasteiger partial charge in [-0.15, -0.1) is 0 Å². The minimum absolute atomic E-state index is 0.106. The Kier molecular flexibility index (Phi) is 5.65. The van der Waals surface area contributed by atoms with Crippen LogP contribution in [0.25, 0.3) is 0 Å². The average molecular weight is 478 g/mol. The predicted molar refractivity (Wildman–Crippen MR) is 116 cm³/mol. The Labute approximate surface area is 199 Å². The largest absolute Gasteiger partial charge is 0.458 e. The van der Waals surface area contributed by atoms with Crippen molar-refractivity contribution in [1.82, 2.24) is 4.90 Å². The van der Waals surface area contributed by atoms with Gasteiger partial charge in [0.25, 0.3) is 0 Å². The van der Waals surface area contributed by atoms with Crippen LogP contribution in [-0.2, 0) is 38.1 Å². The molecule has 9 heteroatoms. The fourth-order valence-corrected chi connectivity index (χ4v) is 7.63. The fraction of sp³-hybridized carbons (Fsp3) is 0.880. The lowest BCUT2D eigenvalue weighted by atomic mass is 9.78. The third kappa shape index (κ3) is 3.93. The van der Waals surface area contributed by atoms with Gasteiger partial charge in [-0.3, -0.25) is 19.3 Å². The molecule has 6 fully saturated rings. The highest BCUT2D eigenvalue weighted by Gasteiger charge is 2.70. The first kappa shape index (κ1) is 22.7. The predicted octanol–water partition coefficient (Wildman–Crippen LogP) is 1.52. The highest BCUT2D eigenvalue weighted by molar-refractivity contribution is 5.86. The zero-order chi connectivity index (χ0) is 23.6. The van der Waals surface area contributed by atoms with Crippen LogP contribution in [0.4, 0.5) is 0 Å². The molecule has 0 radical (unpaired) electrons. The second-order valence-corrected chi connectivity index (χ2v) is 11.5. The van der Waals surface area contributed by atoms with E-state index < -0.39 is 35.8 Å². The van der Waals surface area contributed by atoms with E-state index in [1.807, 2.05) is 4.90 Å². The van der Waals surface area contributed by atoms with Crippen molar-refractivity contribution >= 4 is 17.9 Å². The summed E-state index contributed by atoms with van der Waals surface area (Å²) in [5, 5.41) is 0. The molecule has 0 aromatic rings. The average Bonchev–Trinajstić information content (AvgIpc) is 3.56. The summed E-state index contributed by atoms with van der Waals surface area (Å²) in [4.78, 5) is 40.7. The first-order valence-electron chi connectivity index (χ1n) is 12.9. The lowest BCUT2D eigenvalue weighted by Gasteiger charge is -2.35. The van der Waals surface area contributed by atoms with Gasteiger partial charge in [0.1, 0.15) is 12.2 Å². The lowest BCUT2D eigenvalue weighted by Crippen LogP contribution is -2.47. The summed E-state index contributed by atoms with van der Waals surface area (Å²) in [6, 6.07) is 0. The quantitative estimate of drug-likeness (QED) is 0.307. The van der Waals surface area contributed by atoms with Crippen molar-refractivity contribution in [1.29, 1.82) is 0 Å². The molecular weight excluding hydrogens is 442 g/mol. The molecule has 0 aromatic heterocycles. The van der Waals surface area contributed by atoms with Crippen molar-refractivity contribution < 1.29 is 38.1 Å². The Morgan fingerprint density at radius 3 is 2.59 bits per heavy atom. The van der Waals surface area contributed by atoms with E-state index in [2.05, 4.69) is 0 Å². The second-order valence-electron chi connectivity index (χ2n) is 11.5. The van der Waals surface area contributed by atoms with Gasteiger partial charge in [-0.1, -0.05) is 0 Å². The molecule has 9 unspecified atom stereocenters. The molecule has 6 aliphatic rings. The summed E-state index contributed by atoms with van der Waals surface area (Å²) in [6.07, 6.45) is 4.36. The summed E-state index contributed by atoms with van der Waals surface area (Å²) >= 11 is 0. The van der Waals surface area contributed by atoms with Gasteiger partial charge in [0.2, 0.25) is 5.79 Å². The van der Waals surface area contributed by atoms with Crippen molar-refractivity contribution in [2.75, 3.05) is 32.8 Å². The van der Waals surface area contributed by atoms with Gasteiger partial charge >= 0.3 is 17.9 Å². The molecule has 0 spiro atoms. The van der Waals surface area contributed by atoms with E-state index in [-0.39, 0.29) is 36.4 Å².